The third-order valence-corrected chi connectivity index (χ3v) is 4.56. The van der Waals surface area contributed by atoms with Crippen molar-refractivity contribution in [3.05, 3.63) is 58.4 Å². The molecule has 0 bridgehead atoms. The second-order valence-corrected chi connectivity index (χ2v) is 6.00. The molecule has 0 unspecified atom stereocenters. The molecule has 3 aromatic rings. The van der Waals surface area contributed by atoms with Gasteiger partial charge in [0, 0.05) is 7.05 Å². The van der Waals surface area contributed by atoms with Crippen molar-refractivity contribution in [1.82, 2.24) is 4.57 Å². The summed E-state index contributed by atoms with van der Waals surface area (Å²) in [5.74, 6) is -2.14. The molecule has 1 aromatic heterocycles. The van der Waals surface area contributed by atoms with Gasteiger partial charge in [-0.05, 0) is 31.2 Å². The standard InChI is InChI=1S/C17H14F2N2O2S/c1-3-23-12-8-5-9-13-15(12)21(2)17(24-13)20-16(22)14-10(18)6-4-7-11(14)19/h4-9H,3H2,1-2H3. The number of aromatic nitrogens is 1. The van der Waals surface area contributed by atoms with Crippen molar-refractivity contribution in [3.63, 3.8) is 0 Å². The quantitative estimate of drug-likeness (QED) is 0.725. The van der Waals surface area contributed by atoms with Crippen LogP contribution in [0.2, 0.25) is 0 Å². The molecule has 0 aliphatic rings. The third-order valence-electron chi connectivity index (χ3n) is 3.46. The third kappa shape index (κ3) is 2.82. The van der Waals surface area contributed by atoms with Crippen LogP contribution in [0.5, 0.6) is 5.75 Å². The van der Waals surface area contributed by atoms with E-state index in [1.165, 1.54) is 17.4 Å². The molecule has 0 fully saturated rings. The second-order valence-electron chi connectivity index (χ2n) is 4.99. The predicted octanol–water partition coefficient (Wildman–Crippen LogP) is 3.66. The lowest BCUT2D eigenvalue weighted by Gasteiger charge is -2.05. The topological polar surface area (TPSA) is 43.6 Å². The first-order valence-electron chi connectivity index (χ1n) is 7.27. The predicted molar refractivity (Wildman–Crippen MR) is 88.2 cm³/mol. The summed E-state index contributed by atoms with van der Waals surface area (Å²) in [6, 6.07) is 8.80. The van der Waals surface area contributed by atoms with Gasteiger partial charge >= 0.3 is 0 Å². The zero-order valence-electron chi connectivity index (χ0n) is 13.0. The van der Waals surface area contributed by atoms with Crippen molar-refractivity contribution in [2.45, 2.75) is 6.92 Å². The van der Waals surface area contributed by atoms with Gasteiger partial charge in [-0.1, -0.05) is 23.5 Å². The Labute approximate surface area is 140 Å². The van der Waals surface area contributed by atoms with Crippen molar-refractivity contribution in [2.75, 3.05) is 6.61 Å². The number of amides is 1. The summed E-state index contributed by atoms with van der Waals surface area (Å²) in [5.41, 5.74) is 0.130. The van der Waals surface area contributed by atoms with Crippen LogP contribution in [0.15, 0.2) is 41.4 Å². The Balaban J connectivity index is 2.16. The molecule has 0 radical (unpaired) electrons. The molecule has 0 atom stereocenters. The van der Waals surface area contributed by atoms with Crippen molar-refractivity contribution < 1.29 is 18.3 Å². The summed E-state index contributed by atoms with van der Waals surface area (Å²) in [6.07, 6.45) is 0. The number of aryl methyl sites for hydroxylation is 1. The van der Waals surface area contributed by atoms with Crippen LogP contribution < -0.4 is 9.54 Å². The maximum atomic E-state index is 13.7. The fraction of sp³-hybridized carbons (Fsp3) is 0.176. The number of halogens is 2. The van der Waals surface area contributed by atoms with Crippen molar-refractivity contribution in [1.29, 1.82) is 0 Å². The Hall–Kier alpha value is -2.54. The van der Waals surface area contributed by atoms with Gasteiger partial charge in [0.2, 0.25) is 0 Å². The van der Waals surface area contributed by atoms with E-state index >= 15 is 0 Å². The number of ether oxygens (including phenoxy) is 1. The minimum atomic E-state index is -0.953. The molecule has 124 valence electrons. The highest BCUT2D eigenvalue weighted by molar-refractivity contribution is 7.16. The summed E-state index contributed by atoms with van der Waals surface area (Å²) in [5, 5.41) is 0. The number of rotatable bonds is 3. The van der Waals surface area contributed by atoms with E-state index in [4.69, 9.17) is 4.74 Å². The van der Waals surface area contributed by atoms with Gasteiger partial charge in [0.25, 0.3) is 5.91 Å². The molecular formula is C17H14F2N2O2S. The van der Waals surface area contributed by atoms with Crippen LogP contribution in [0.1, 0.15) is 17.3 Å². The molecule has 2 aromatic carbocycles. The highest BCUT2D eigenvalue weighted by Crippen LogP contribution is 2.27. The van der Waals surface area contributed by atoms with Crippen LogP contribution in [0.4, 0.5) is 8.78 Å². The van der Waals surface area contributed by atoms with Gasteiger partial charge in [-0.25, -0.2) is 8.78 Å². The van der Waals surface area contributed by atoms with Crippen LogP contribution in [-0.2, 0) is 7.05 Å². The van der Waals surface area contributed by atoms with Crippen molar-refractivity contribution in [2.24, 2.45) is 12.0 Å². The summed E-state index contributed by atoms with van der Waals surface area (Å²) in [6.45, 7) is 2.38. The molecule has 24 heavy (non-hydrogen) atoms. The first-order valence-corrected chi connectivity index (χ1v) is 8.09. The maximum absolute atomic E-state index is 13.7. The monoisotopic (exact) mass is 348 g/mol. The molecule has 7 heteroatoms. The summed E-state index contributed by atoms with van der Waals surface area (Å²) in [7, 11) is 1.73. The number of benzene rings is 2. The van der Waals surface area contributed by atoms with E-state index in [1.807, 2.05) is 25.1 Å². The van der Waals surface area contributed by atoms with Gasteiger partial charge in [0.1, 0.15) is 28.5 Å². The summed E-state index contributed by atoms with van der Waals surface area (Å²) >= 11 is 1.25. The molecule has 0 N–H and O–H groups in total. The molecule has 0 aliphatic heterocycles. The number of hydrogen-bond acceptors (Lipinski definition) is 3. The Morgan fingerprint density at radius 2 is 1.88 bits per heavy atom. The van der Waals surface area contributed by atoms with Gasteiger partial charge in [-0.2, -0.15) is 4.99 Å². The van der Waals surface area contributed by atoms with E-state index < -0.39 is 23.1 Å². The zero-order valence-corrected chi connectivity index (χ0v) is 13.9. The highest BCUT2D eigenvalue weighted by Gasteiger charge is 2.17. The number of hydrogen-bond donors (Lipinski definition) is 0. The first kappa shape index (κ1) is 16.3. The van der Waals surface area contributed by atoms with Gasteiger partial charge in [0.15, 0.2) is 4.80 Å². The Bertz CT molecular complexity index is 972. The van der Waals surface area contributed by atoms with Gasteiger partial charge in [-0.15, -0.1) is 0 Å². The Kier molecular flexibility index (Phi) is 4.44. The summed E-state index contributed by atoms with van der Waals surface area (Å²) < 4.78 is 35.6. The largest absolute Gasteiger partial charge is 0.492 e. The van der Waals surface area contributed by atoms with Crippen LogP contribution >= 0.6 is 11.3 Å². The van der Waals surface area contributed by atoms with Gasteiger partial charge < -0.3 is 9.30 Å². The van der Waals surface area contributed by atoms with E-state index in [2.05, 4.69) is 4.99 Å². The van der Waals surface area contributed by atoms with Crippen LogP contribution in [0.25, 0.3) is 10.2 Å². The smallest absolute Gasteiger partial charge is 0.285 e. The molecule has 1 heterocycles. The Morgan fingerprint density at radius 3 is 2.54 bits per heavy atom. The first-order chi connectivity index (χ1) is 11.5. The average molecular weight is 348 g/mol. The van der Waals surface area contributed by atoms with E-state index in [1.54, 1.807) is 11.6 Å². The van der Waals surface area contributed by atoms with Crippen LogP contribution in [0.3, 0.4) is 0 Å². The van der Waals surface area contributed by atoms with E-state index in [9.17, 15) is 13.6 Å². The molecule has 0 saturated heterocycles. The minimum Gasteiger partial charge on any atom is -0.492 e. The molecule has 0 aliphatic carbocycles. The maximum Gasteiger partial charge on any atom is 0.285 e. The molecular weight excluding hydrogens is 334 g/mol. The van der Waals surface area contributed by atoms with Gasteiger partial charge in [-0.3, -0.25) is 4.79 Å². The van der Waals surface area contributed by atoms with Crippen LogP contribution in [-0.4, -0.2) is 17.1 Å². The van der Waals surface area contributed by atoms with E-state index in [0.29, 0.717) is 17.2 Å². The van der Waals surface area contributed by atoms with E-state index in [-0.39, 0.29) is 0 Å². The van der Waals surface area contributed by atoms with Crippen LogP contribution in [0, 0.1) is 11.6 Å². The molecule has 0 saturated carbocycles. The Morgan fingerprint density at radius 1 is 1.21 bits per heavy atom. The zero-order chi connectivity index (χ0) is 17.3. The fourth-order valence-electron chi connectivity index (χ4n) is 2.39. The fourth-order valence-corrected chi connectivity index (χ4v) is 3.43. The summed E-state index contributed by atoms with van der Waals surface area (Å²) in [4.78, 5) is 16.4. The SMILES string of the molecule is CCOc1cccc2sc(=NC(=O)c3c(F)cccc3F)n(C)c12. The lowest BCUT2D eigenvalue weighted by atomic mass is 10.2. The lowest BCUT2D eigenvalue weighted by Crippen LogP contribution is -2.15. The molecule has 4 nitrogen and oxygen atoms in total. The number of nitrogens with zero attached hydrogens (tertiary/aromatic N) is 2. The van der Waals surface area contributed by atoms with Gasteiger partial charge in [0.05, 0.1) is 11.3 Å². The number of carbonyl (C=O) groups is 1. The van der Waals surface area contributed by atoms with Crippen molar-refractivity contribution >= 4 is 27.5 Å². The number of thiazole rings is 1. The molecule has 1 amide bonds. The number of para-hydroxylation sites is 1. The highest BCUT2D eigenvalue weighted by atomic mass is 32.1. The molecule has 0 spiro atoms. The number of fused-ring (bicyclic) bond motifs is 1. The van der Waals surface area contributed by atoms with Crippen molar-refractivity contribution in [3.8, 4) is 5.75 Å². The molecule has 3 rings (SSSR count). The average Bonchev–Trinajstić information content (AvgIpc) is 2.85. The normalized spacial score (nSPS) is 11.9. The minimum absolute atomic E-state index is 0.338. The second kappa shape index (κ2) is 6.52. The lowest BCUT2D eigenvalue weighted by molar-refractivity contribution is 0.0990. The number of carbonyl (C=O) groups excluding carboxylic acids is 1. The van der Waals surface area contributed by atoms with E-state index in [0.717, 1.165) is 22.3 Å².